The van der Waals surface area contributed by atoms with Crippen LogP contribution in [0.5, 0.6) is 5.75 Å². The van der Waals surface area contributed by atoms with Gasteiger partial charge in [0.25, 0.3) is 5.91 Å². The highest BCUT2D eigenvalue weighted by Gasteiger charge is 2.32. The molecule has 156 valence electrons. The average Bonchev–Trinajstić information content (AvgIpc) is 2.70. The van der Waals surface area contributed by atoms with Crippen molar-refractivity contribution in [3.05, 3.63) is 58.1 Å². The van der Waals surface area contributed by atoms with Crippen LogP contribution >= 0.6 is 23.2 Å². The molecule has 1 saturated heterocycles. The molecule has 3 rings (SSSR count). The van der Waals surface area contributed by atoms with E-state index in [1.54, 1.807) is 36.1 Å². The number of rotatable bonds is 5. The van der Waals surface area contributed by atoms with E-state index < -0.39 is 16.1 Å². The van der Waals surface area contributed by atoms with Crippen LogP contribution in [-0.4, -0.2) is 55.8 Å². The van der Waals surface area contributed by atoms with Gasteiger partial charge in [0.15, 0.2) is 6.10 Å². The molecule has 0 radical (unpaired) electrons. The first kappa shape index (κ1) is 21.9. The molecule has 1 aliphatic heterocycles. The van der Waals surface area contributed by atoms with E-state index in [4.69, 9.17) is 27.9 Å². The largest absolute Gasteiger partial charge is 0.479 e. The fraction of sp³-hybridized carbons (Fsp3) is 0.350. The predicted molar refractivity (Wildman–Crippen MR) is 113 cm³/mol. The first-order chi connectivity index (χ1) is 13.7. The van der Waals surface area contributed by atoms with E-state index >= 15 is 0 Å². The lowest BCUT2D eigenvalue weighted by molar-refractivity contribution is -0.139. The zero-order valence-electron chi connectivity index (χ0n) is 16.1. The molecular weight excluding hydrogens is 435 g/mol. The Hall–Kier alpha value is -1.80. The topological polar surface area (TPSA) is 66.9 Å². The highest BCUT2D eigenvalue weighted by molar-refractivity contribution is 7.89. The summed E-state index contributed by atoms with van der Waals surface area (Å²) in [6.45, 7) is 4.60. The van der Waals surface area contributed by atoms with Crippen LogP contribution in [0.4, 0.5) is 0 Å². The number of nitrogens with zero attached hydrogens (tertiary/aromatic N) is 2. The van der Waals surface area contributed by atoms with Crippen molar-refractivity contribution >= 4 is 39.1 Å². The van der Waals surface area contributed by atoms with Gasteiger partial charge in [-0.05, 0) is 55.8 Å². The number of ether oxygens (including phenoxy) is 1. The number of carbonyl (C=O) groups excluding carboxylic acids is 1. The normalized spacial score (nSPS) is 16.5. The Morgan fingerprint density at radius 3 is 2.28 bits per heavy atom. The number of hydrogen-bond donors (Lipinski definition) is 0. The van der Waals surface area contributed by atoms with Crippen LogP contribution in [0.2, 0.25) is 10.0 Å². The molecule has 0 N–H and O–H groups in total. The van der Waals surface area contributed by atoms with Crippen molar-refractivity contribution < 1.29 is 17.9 Å². The number of sulfonamides is 1. The maximum absolute atomic E-state index is 12.8. The summed E-state index contributed by atoms with van der Waals surface area (Å²) in [6.07, 6.45) is -0.728. The first-order valence-corrected chi connectivity index (χ1v) is 11.4. The van der Waals surface area contributed by atoms with Gasteiger partial charge < -0.3 is 9.64 Å². The standard InChI is InChI=1S/C20H22Cl2N2O4S/c1-14-3-8-18(22)19(13-14)28-15(2)20(25)23-9-11-24(12-10-23)29(26,27)17-6-4-16(21)5-7-17/h3-8,13,15H,9-12H2,1-2H3/t15-/m1/s1. The molecule has 2 aromatic carbocycles. The number of aryl methyl sites for hydroxylation is 1. The highest BCUT2D eigenvalue weighted by Crippen LogP contribution is 2.27. The summed E-state index contributed by atoms with van der Waals surface area (Å²) in [7, 11) is -3.62. The molecule has 1 atom stereocenters. The van der Waals surface area contributed by atoms with E-state index in [2.05, 4.69) is 0 Å². The Morgan fingerprint density at radius 1 is 1.03 bits per heavy atom. The Labute approximate surface area is 181 Å². The summed E-state index contributed by atoms with van der Waals surface area (Å²) in [4.78, 5) is 14.5. The van der Waals surface area contributed by atoms with Crippen LogP contribution in [0.15, 0.2) is 47.4 Å². The van der Waals surface area contributed by atoms with E-state index in [-0.39, 0.29) is 23.9 Å². The Kier molecular flexibility index (Phi) is 6.73. The van der Waals surface area contributed by atoms with Gasteiger partial charge in [-0.1, -0.05) is 29.3 Å². The SMILES string of the molecule is Cc1ccc(Cl)c(O[C@H](C)C(=O)N2CCN(S(=O)(=O)c3ccc(Cl)cc3)CC2)c1. The Balaban J connectivity index is 1.61. The third kappa shape index (κ3) is 5.04. The summed E-state index contributed by atoms with van der Waals surface area (Å²) in [5.74, 6) is 0.252. The van der Waals surface area contributed by atoms with Crippen molar-refractivity contribution in [1.82, 2.24) is 9.21 Å². The second-order valence-corrected chi connectivity index (χ2v) is 9.66. The minimum absolute atomic E-state index is 0.187. The number of benzene rings is 2. The van der Waals surface area contributed by atoms with Gasteiger partial charge in [-0.25, -0.2) is 8.42 Å². The van der Waals surface area contributed by atoms with E-state index in [1.807, 2.05) is 13.0 Å². The van der Waals surface area contributed by atoms with Gasteiger partial charge in [-0.15, -0.1) is 0 Å². The first-order valence-electron chi connectivity index (χ1n) is 9.16. The average molecular weight is 457 g/mol. The third-order valence-electron chi connectivity index (χ3n) is 4.74. The second-order valence-electron chi connectivity index (χ2n) is 6.88. The van der Waals surface area contributed by atoms with Crippen molar-refractivity contribution in [2.45, 2.75) is 24.8 Å². The summed E-state index contributed by atoms with van der Waals surface area (Å²) >= 11 is 12.0. The molecular formula is C20H22Cl2N2O4S. The van der Waals surface area contributed by atoms with Crippen molar-refractivity contribution in [3.63, 3.8) is 0 Å². The molecule has 1 heterocycles. The molecule has 0 spiro atoms. The van der Waals surface area contributed by atoms with Crippen LogP contribution in [0.25, 0.3) is 0 Å². The van der Waals surface area contributed by atoms with Crippen LogP contribution in [0.1, 0.15) is 12.5 Å². The Bertz CT molecular complexity index is 988. The molecule has 0 unspecified atom stereocenters. The number of piperazine rings is 1. The van der Waals surface area contributed by atoms with Gasteiger partial charge in [-0.2, -0.15) is 4.31 Å². The summed E-state index contributed by atoms with van der Waals surface area (Å²) in [5.41, 5.74) is 0.977. The maximum atomic E-state index is 12.8. The van der Waals surface area contributed by atoms with Crippen molar-refractivity contribution in [3.8, 4) is 5.75 Å². The van der Waals surface area contributed by atoms with Gasteiger partial charge in [0.2, 0.25) is 10.0 Å². The van der Waals surface area contributed by atoms with Gasteiger partial charge >= 0.3 is 0 Å². The lowest BCUT2D eigenvalue weighted by Crippen LogP contribution is -2.53. The molecule has 0 saturated carbocycles. The monoisotopic (exact) mass is 456 g/mol. The smallest absolute Gasteiger partial charge is 0.263 e. The lowest BCUT2D eigenvalue weighted by Gasteiger charge is -2.35. The van der Waals surface area contributed by atoms with E-state index in [0.717, 1.165) is 5.56 Å². The van der Waals surface area contributed by atoms with E-state index in [1.165, 1.54) is 16.4 Å². The molecule has 0 bridgehead atoms. The van der Waals surface area contributed by atoms with Crippen molar-refractivity contribution in [2.75, 3.05) is 26.2 Å². The van der Waals surface area contributed by atoms with Crippen LogP contribution in [0, 0.1) is 6.92 Å². The molecule has 1 aliphatic rings. The van der Waals surface area contributed by atoms with Gasteiger partial charge in [0.1, 0.15) is 5.75 Å². The molecule has 9 heteroatoms. The molecule has 2 aromatic rings. The van der Waals surface area contributed by atoms with Gasteiger partial charge in [0.05, 0.1) is 9.92 Å². The zero-order valence-corrected chi connectivity index (χ0v) is 18.5. The molecule has 0 aliphatic carbocycles. The zero-order chi connectivity index (χ0) is 21.2. The number of amides is 1. The van der Waals surface area contributed by atoms with Crippen LogP contribution in [0.3, 0.4) is 0 Å². The minimum Gasteiger partial charge on any atom is -0.479 e. The van der Waals surface area contributed by atoms with Crippen LogP contribution in [-0.2, 0) is 14.8 Å². The molecule has 6 nitrogen and oxygen atoms in total. The minimum atomic E-state index is -3.62. The molecule has 1 amide bonds. The number of carbonyl (C=O) groups is 1. The van der Waals surface area contributed by atoms with E-state index in [0.29, 0.717) is 28.9 Å². The second kappa shape index (κ2) is 8.92. The summed E-state index contributed by atoms with van der Waals surface area (Å²) in [5, 5.41) is 0.913. The quantitative estimate of drug-likeness (QED) is 0.688. The summed E-state index contributed by atoms with van der Waals surface area (Å²) < 4.78 is 32.6. The van der Waals surface area contributed by atoms with Crippen molar-refractivity contribution in [2.24, 2.45) is 0 Å². The highest BCUT2D eigenvalue weighted by atomic mass is 35.5. The van der Waals surface area contributed by atoms with Gasteiger partial charge in [0, 0.05) is 31.2 Å². The fourth-order valence-corrected chi connectivity index (χ4v) is 4.81. The molecule has 0 aromatic heterocycles. The lowest BCUT2D eigenvalue weighted by atomic mass is 10.2. The third-order valence-corrected chi connectivity index (χ3v) is 7.22. The Morgan fingerprint density at radius 2 is 1.66 bits per heavy atom. The predicted octanol–water partition coefficient (Wildman–Crippen LogP) is 3.60. The molecule has 1 fully saturated rings. The fourth-order valence-electron chi connectivity index (χ4n) is 3.10. The van der Waals surface area contributed by atoms with Crippen LogP contribution < -0.4 is 4.74 Å². The number of halogens is 2. The van der Waals surface area contributed by atoms with E-state index in [9.17, 15) is 13.2 Å². The van der Waals surface area contributed by atoms with Crippen molar-refractivity contribution in [1.29, 1.82) is 0 Å². The summed E-state index contributed by atoms with van der Waals surface area (Å²) in [6, 6.07) is 11.4. The maximum Gasteiger partial charge on any atom is 0.263 e. The van der Waals surface area contributed by atoms with Gasteiger partial charge in [-0.3, -0.25) is 4.79 Å². The number of hydrogen-bond acceptors (Lipinski definition) is 4. The molecule has 29 heavy (non-hydrogen) atoms.